The Morgan fingerprint density at radius 3 is 2.80 bits per heavy atom. The summed E-state index contributed by atoms with van der Waals surface area (Å²) in [4.78, 5) is 2.26. The summed E-state index contributed by atoms with van der Waals surface area (Å²) in [5.41, 5.74) is 2.62. The van der Waals surface area contributed by atoms with E-state index < -0.39 is 0 Å². The zero-order chi connectivity index (χ0) is 10.8. The fourth-order valence-electron chi connectivity index (χ4n) is 2.06. The Morgan fingerprint density at radius 1 is 1.40 bits per heavy atom. The van der Waals surface area contributed by atoms with Crippen molar-refractivity contribution in [1.82, 2.24) is 0 Å². The quantitative estimate of drug-likeness (QED) is 0.801. The van der Waals surface area contributed by atoms with Crippen molar-refractivity contribution < 1.29 is 5.11 Å². The topological polar surface area (TPSA) is 23.5 Å². The van der Waals surface area contributed by atoms with Gasteiger partial charge in [-0.2, -0.15) is 0 Å². The lowest BCUT2D eigenvalue weighted by atomic mass is 10.0. The summed E-state index contributed by atoms with van der Waals surface area (Å²) in [6.45, 7) is 6.17. The minimum absolute atomic E-state index is 0.146. The number of hydrogen-bond acceptors (Lipinski definition) is 2. The van der Waals surface area contributed by atoms with Gasteiger partial charge < -0.3 is 10.0 Å². The first-order chi connectivity index (χ1) is 7.16. The lowest BCUT2D eigenvalue weighted by Crippen LogP contribution is -2.21. The highest BCUT2D eigenvalue weighted by Gasteiger charge is 2.20. The molecule has 1 aliphatic heterocycles. The van der Waals surface area contributed by atoms with E-state index in [0.29, 0.717) is 5.92 Å². The molecule has 0 spiro atoms. The molecule has 2 heteroatoms. The number of anilines is 1. The molecule has 1 aromatic carbocycles. The lowest BCUT2D eigenvalue weighted by molar-refractivity contribution is 0.198. The van der Waals surface area contributed by atoms with E-state index in [1.165, 1.54) is 11.3 Å². The van der Waals surface area contributed by atoms with E-state index in [1.807, 2.05) is 0 Å². The number of aliphatic hydroxyl groups is 1. The Kier molecular flexibility index (Phi) is 2.96. The second-order valence-corrected chi connectivity index (χ2v) is 4.64. The van der Waals surface area contributed by atoms with E-state index in [2.05, 4.69) is 43.0 Å². The van der Waals surface area contributed by atoms with Gasteiger partial charge in [0.15, 0.2) is 0 Å². The van der Waals surface area contributed by atoms with E-state index in [9.17, 15) is 5.11 Å². The van der Waals surface area contributed by atoms with Gasteiger partial charge in [-0.3, -0.25) is 0 Å². The summed E-state index contributed by atoms with van der Waals surface area (Å²) in [5.74, 6) is 0.567. The molecule has 0 saturated carbocycles. The maximum Gasteiger partial charge on any atom is 0.0731 e. The molecule has 2 nitrogen and oxygen atoms in total. The van der Waals surface area contributed by atoms with Crippen LogP contribution in [0.25, 0.3) is 0 Å². The average Bonchev–Trinajstić information content (AvgIpc) is 2.65. The third kappa shape index (κ3) is 2.32. The maximum absolute atomic E-state index is 9.50. The van der Waals surface area contributed by atoms with Crippen LogP contribution in [0.3, 0.4) is 0 Å². The van der Waals surface area contributed by atoms with Crippen LogP contribution in [-0.4, -0.2) is 24.3 Å². The number of β-amino-alcohol motifs (C(OH)–C–C–N with tert-alkyl or cyclic N) is 1. The Balaban J connectivity index is 2.18. The van der Waals surface area contributed by atoms with Crippen molar-refractivity contribution >= 4 is 5.69 Å². The zero-order valence-corrected chi connectivity index (χ0v) is 9.48. The van der Waals surface area contributed by atoms with E-state index in [0.717, 1.165) is 19.5 Å². The molecule has 1 saturated heterocycles. The highest BCUT2D eigenvalue weighted by Crippen LogP contribution is 2.24. The first-order valence-electron chi connectivity index (χ1n) is 5.70. The largest absolute Gasteiger partial charge is 0.391 e. The van der Waals surface area contributed by atoms with Crippen LogP contribution in [0.1, 0.15) is 31.7 Å². The number of rotatable bonds is 2. The molecule has 1 fully saturated rings. The molecule has 1 heterocycles. The number of benzene rings is 1. The minimum Gasteiger partial charge on any atom is -0.391 e. The molecule has 1 aliphatic rings. The Hall–Kier alpha value is -1.02. The SMILES string of the molecule is CC(C)c1cccc(N2CCC(O)C2)c1. The first kappa shape index (κ1) is 10.5. The Bertz CT molecular complexity index is 335. The van der Waals surface area contributed by atoms with Gasteiger partial charge in [-0.25, -0.2) is 0 Å². The Labute approximate surface area is 91.5 Å². The van der Waals surface area contributed by atoms with E-state index >= 15 is 0 Å². The molecule has 1 unspecified atom stereocenters. The molecular formula is C13H19NO. The summed E-state index contributed by atoms with van der Waals surface area (Å²) in [7, 11) is 0. The van der Waals surface area contributed by atoms with Crippen LogP contribution in [0.2, 0.25) is 0 Å². The summed E-state index contributed by atoms with van der Waals surface area (Å²) in [6, 6.07) is 8.64. The smallest absolute Gasteiger partial charge is 0.0731 e. The molecule has 1 aromatic rings. The minimum atomic E-state index is -0.146. The van der Waals surface area contributed by atoms with Gasteiger partial charge in [-0.05, 0) is 30.0 Å². The molecular weight excluding hydrogens is 186 g/mol. The van der Waals surface area contributed by atoms with Gasteiger partial charge in [-0.15, -0.1) is 0 Å². The van der Waals surface area contributed by atoms with Crippen molar-refractivity contribution in [1.29, 1.82) is 0 Å². The van der Waals surface area contributed by atoms with Crippen molar-refractivity contribution in [2.24, 2.45) is 0 Å². The van der Waals surface area contributed by atoms with Crippen LogP contribution in [0, 0.1) is 0 Å². The lowest BCUT2D eigenvalue weighted by Gasteiger charge is -2.19. The predicted octanol–water partition coefficient (Wildman–Crippen LogP) is 2.38. The molecule has 0 aromatic heterocycles. The van der Waals surface area contributed by atoms with Gasteiger partial charge in [0.2, 0.25) is 0 Å². The van der Waals surface area contributed by atoms with Crippen LogP contribution in [0.5, 0.6) is 0 Å². The third-order valence-corrected chi connectivity index (χ3v) is 3.07. The van der Waals surface area contributed by atoms with Crippen molar-refractivity contribution in [3.05, 3.63) is 29.8 Å². The normalized spacial score (nSPS) is 21.3. The van der Waals surface area contributed by atoms with Gasteiger partial charge >= 0.3 is 0 Å². The fourth-order valence-corrected chi connectivity index (χ4v) is 2.06. The summed E-state index contributed by atoms with van der Waals surface area (Å²) < 4.78 is 0. The second kappa shape index (κ2) is 4.23. The van der Waals surface area contributed by atoms with Crippen LogP contribution < -0.4 is 4.90 Å². The number of nitrogens with zero attached hydrogens (tertiary/aromatic N) is 1. The highest BCUT2D eigenvalue weighted by molar-refractivity contribution is 5.50. The molecule has 1 atom stereocenters. The van der Waals surface area contributed by atoms with E-state index in [4.69, 9.17) is 0 Å². The van der Waals surface area contributed by atoms with Gasteiger partial charge in [-0.1, -0.05) is 26.0 Å². The van der Waals surface area contributed by atoms with Crippen molar-refractivity contribution in [2.45, 2.75) is 32.3 Å². The number of hydrogen-bond donors (Lipinski definition) is 1. The Morgan fingerprint density at radius 2 is 2.20 bits per heavy atom. The first-order valence-corrected chi connectivity index (χ1v) is 5.70. The fraction of sp³-hybridized carbons (Fsp3) is 0.538. The van der Waals surface area contributed by atoms with Crippen LogP contribution in [-0.2, 0) is 0 Å². The molecule has 0 radical (unpaired) electrons. The van der Waals surface area contributed by atoms with Crippen LogP contribution >= 0.6 is 0 Å². The molecule has 0 amide bonds. The van der Waals surface area contributed by atoms with Crippen molar-refractivity contribution in [3.63, 3.8) is 0 Å². The standard InChI is InChI=1S/C13H19NO/c1-10(2)11-4-3-5-12(8-11)14-7-6-13(15)9-14/h3-5,8,10,13,15H,6-7,9H2,1-2H3. The van der Waals surface area contributed by atoms with Gasteiger partial charge in [0.25, 0.3) is 0 Å². The van der Waals surface area contributed by atoms with Gasteiger partial charge in [0.05, 0.1) is 6.10 Å². The van der Waals surface area contributed by atoms with E-state index in [-0.39, 0.29) is 6.10 Å². The summed E-state index contributed by atoms with van der Waals surface area (Å²) in [6.07, 6.45) is 0.749. The predicted molar refractivity (Wildman–Crippen MR) is 63.4 cm³/mol. The van der Waals surface area contributed by atoms with Gasteiger partial charge in [0, 0.05) is 18.8 Å². The maximum atomic E-state index is 9.50. The third-order valence-electron chi connectivity index (χ3n) is 3.07. The number of aliphatic hydroxyl groups excluding tert-OH is 1. The van der Waals surface area contributed by atoms with Crippen molar-refractivity contribution in [2.75, 3.05) is 18.0 Å². The molecule has 1 N–H and O–H groups in total. The molecule has 0 aliphatic carbocycles. The summed E-state index contributed by atoms with van der Waals surface area (Å²) in [5, 5.41) is 9.50. The van der Waals surface area contributed by atoms with Gasteiger partial charge in [0.1, 0.15) is 0 Å². The van der Waals surface area contributed by atoms with Crippen LogP contribution in [0.15, 0.2) is 24.3 Å². The molecule has 15 heavy (non-hydrogen) atoms. The van der Waals surface area contributed by atoms with Crippen molar-refractivity contribution in [3.8, 4) is 0 Å². The zero-order valence-electron chi connectivity index (χ0n) is 9.48. The second-order valence-electron chi connectivity index (χ2n) is 4.64. The summed E-state index contributed by atoms with van der Waals surface area (Å²) >= 11 is 0. The highest BCUT2D eigenvalue weighted by atomic mass is 16.3. The average molecular weight is 205 g/mol. The monoisotopic (exact) mass is 205 g/mol. The molecule has 2 rings (SSSR count). The van der Waals surface area contributed by atoms with Crippen LogP contribution in [0.4, 0.5) is 5.69 Å². The molecule has 0 bridgehead atoms. The molecule has 82 valence electrons. The van der Waals surface area contributed by atoms with E-state index in [1.54, 1.807) is 0 Å².